The second kappa shape index (κ2) is 5.99. The first kappa shape index (κ1) is 14.9. The third-order valence-electron chi connectivity index (χ3n) is 4.40. The molecule has 0 amide bonds. The molecule has 0 spiro atoms. The summed E-state index contributed by atoms with van der Waals surface area (Å²) in [5, 5.41) is 3.39. The van der Waals surface area contributed by atoms with Gasteiger partial charge in [-0.25, -0.2) is 9.97 Å². The van der Waals surface area contributed by atoms with Crippen LogP contribution < -0.4 is 5.32 Å². The lowest BCUT2D eigenvalue weighted by atomic mass is 10.0. The number of morpholine rings is 1. The number of rotatable bonds is 3. The fourth-order valence-electron chi connectivity index (χ4n) is 3.13. The van der Waals surface area contributed by atoms with Gasteiger partial charge in [-0.15, -0.1) is 0 Å². The molecule has 3 rings (SSSR count). The third-order valence-corrected chi connectivity index (χ3v) is 4.40. The van der Waals surface area contributed by atoms with E-state index in [9.17, 15) is 0 Å². The molecule has 1 N–H and O–H groups in total. The van der Waals surface area contributed by atoms with Crippen LogP contribution in [0.1, 0.15) is 62.5 Å². The average Bonchev–Trinajstić information content (AvgIpc) is 2.94. The standard InChI is InChI=1S/C16H26N4O/c1-10(2)15-12-7-17-8-13(12)18-16(19-15)14-9-20(11(3)4)5-6-21-14/h10-11,14,17H,5-9H2,1-4H3. The fourth-order valence-corrected chi connectivity index (χ4v) is 3.13. The van der Waals surface area contributed by atoms with E-state index in [4.69, 9.17) is 14.7 Å². The monoisotopic (exact) mass is 290 g/mol. The molecule has 0 aliphatic carbocycles. The van der Waals surface area contributed by atoms with Crippen LogP contribution in [0.5, 0.6) is 0 Å². The van der Waals surface area contributed by atoms with Crippen molar-refractivity contribution in [2.45, 2.75) is 58.8 Å². The van der Waals surface area contributed by atoms with Crippen molar-refractivity contribution in [1.82, 2.24) is 20.2 Å². The van der Waals surface area contributed by atoms with Gasteiger partial charge in [0, 0.05) is 37.8 Å². The Hall–Kier alpha value is -1.04. The quantitative estimate of drug-likeness (QED) is 0.922. The molecule has 0 radical (unpaired) electrons. The maximum atomic E-state index is 5.95. The van der Waals surface area contributed by atoms with Crippen LogP contribution in [0.3, 0.4) is 0 Å². The Labute approximate surface area is 127 Å². The second-order valence-corrected chi connectivity index (χ2v) is 6.60. The molecule has 0 saturated carbocycles. The van der Waals surface area contributed by atoms with Crippen LogP contribution in [0, 0.1) is 0 Å². The Morgan fingerprint density at radius 1 is 1.19 bits per heavy atom. The lowest BCUT2D eigenvalue weighted by molar-refractivity contribution is -0.0444. The molecular weight excluding hydrogens is 264 g/mol. The highest BCUT2D eigenvalue weighted by atomic mass is 16.5. The third kappa shape index (κ3) is 2.96. The van der Waals surface area contributed by atoms with Crippen molar-refractivity contribution in [1.29, 1.82) is 0 Å². The minimum Gasteiger partial charge on any atom is -0.368 e. The maximum absolute atomic E-state index is 5.95. The van der Waals surface area contributed by atoms with E-state index in [0.717, 1.165) is 44.3 Å². The Balaban J connectivity index is 1.90. The van der Waals surface area contributed by atoms with Crippen molar-refractivity contribution in [3.8, 4) is 0 Å². The zero-order valence-electron chi connectivity index (χ0n) is 13.5. The normalized spacial score (nSPS) is 23.0. The molecule has 116 valence electrons. The molecule has 2 aliphatic rings. The van der Waals surface area contributed by atoms with Crippen molar-refractivity contribution in [2.24, 2.45) is 0 Å². The summed E-state index contributed by atoms with van der Waals surface area (Å²) in [6.07, 6.45) is 0.00421. The highest BCUT2D eigenvalue weighted by molar-refractivity contribution is 5.31. The van der Waals surface area contributed by atoms with Crippen LogP contribution in [0.25, 0.3) is 0 Å². The molecule has 5 nitrogen and oxygen atoms in total. The molecule has 1 aromatic rings. The highest BCUT2D eigenvalue weighted by Crippen LogP contribution is 2.27. The topological polar surface area (TPSA) is 50.3 Å². The maximum Gasteiger partial charge on any atom is 0.159 e. The lowest BCUT2D eigenvalue weighted by Gasteiger charge is -2.35. The van der Waals surface area contributed by atoms with E-state index >= 15 is 0 Å². The summed E-state index contributed by atoms with van der Waals surface area (Å²) >= 11 is 0. The molecule has 1 atom stereocenters. The van der Waals surface area contributed by atoms with Crippen molar-refractivity contribution < 1.29 is 4.74 Å². The SMILES string of the molecule is CC(C)c1nc(C2CN(C(C)C)CCO2)nc2c1CNC2. The number of nitrogens with zero attached hydrogens (tertiary/aromatic N) is 3. The van der Waals surface area contributed by atoms with Crippen LogP contribution >= 0.6 is 0 Å². The van der Waals surface area contributed by atoms with Gasteiger partial charge < -0.3 is 10.1 Å². The largest absolute Gasteiger partial charge is 0.368 e. The predicted molar refractivity (Wildman–Crippen MR) is 82.1 cm³/mol. The number of aromatic nitrogens is 2. The van der Waals surface area contributed by atoms with Crippen molar-refractivity contribution in [2.75, 3.05) is 19.7 Å². The number of hydrogen-bond donors (Lipinski definition) is 1. The van der Waals surface area contributed by atoms with Crippen LogP contribution in [0.15, 0.2) is 0 Å². The van der Waals surface area contributed by atoms with Gasteiger partial charge in [-0.3, -0.25) is 4.90 Å². The first-order chi connectivity index (χ1) is 10.1. The first-order valence-electron chi connectivity index (χ1n) is 8.02. The van der Waals surface area contributed by atoms with Gasteiger partial charge in [-0.1, -0.05) is 13.8 Å². The van der Waals surface area contributed by atoms with Gasteiger partial charge in [0.15, 0.2) is 5.82 Å². The summed E-state index contributed by atoms with van der Waals surface area (Å²) in [6.45, 7) is 13.3. The smallest absolute Gasteiger partial charge is 0.159 e. The zero-order chi connectivity index (χ0) is 15.0. The van der Waals surface area contributed by atoms with Gasteiger partial charge in [0.25, 0.3) is 0 Å². The average molecular weight is 290 g/mol. The van der Waals surface area contributed by atoms with Gasteiger partial charge in [0.05, 0.1) is 18.0 Å². The van der Waals surface area contributed by atoms with Crippen molar-refractivity contribution in [3.05, 3.63) is 22.8 Å². The summed E-state index contributed by atoms with van der Waals surface area (Å²) in [5.74, 6) is 1.29. The van der Waals surface area contributed by atoms with Gasteiger partial charge in [0.2, 0.25) is 0 Å². The van der Waals surface area contributed by atoms with Gasteiger partial charge >= 0.3 is 0 Å². The van der Waals surface area contributed by atoms with E-state index in [-0.39, 0.29) is 6.10 Å². The molecule has 1 saturated heterocycles. The van der Waals surface area contributed by atoms with E-state index in [1.54, 1.807) is 0 Å². The second-order valence-electron chi connectivity index (χ2n) is 6.60. The summed E-state index contributed by atoms with van der Waals surface area (Å²) in [7, 11) is 0. The highest BCUT2D eigenvalue weighted by Gasteiger charge is 2.28. The molecule has 1 fully saturated rings. The Morgan fingerprint density at radius 2 is 2.00 bits per heavy atom. The number of fused-ring (bicyclic) bond motifs is 1. The molecule has 3 heterocycles. The van der Waals surface area contributed by atoms with E-state index in [2.05, 4.69) is 37.9 Å². The van der Waals surface area contributed by atoms with Gasteiger partial charge in [-0.05, 0) is 19.8 Å². The summed E-state index contributed by atoms with van der Waals surface area (Å²) in [5.41, 5.74) is 3.64. The molecule has 1 aromatic heterocycles. The Bertz CT molecular complexity index is 515. The van der Waals surface area contributed by atoms with Crippen LogP contribution in [0.2, 0.25) is 0 Å². The summed E-state index contributed by atoms with van der Waals surface area (Å²) in [6, 6.07) is 0.539. The molecule has 0 aromatic carbocycles. The minimum atomic E-state index is 0.00421. The Morgan fingerprint density at radius 3 is 2.71 bits per heavy atom. The molecular formula is C16H26N4O. The predicted octanol–water partition coefficient (Wildman–Crippen LogP) is 1.98. The molecule has 1 unspecified atom stereocenters. The Kier molecular flexibility index (Phi) is 4.24. The van der Waals surface area contributed by atoms with E-state index in [0.29, 0.717) is 12.0 Å². The van der Waals surface area contributed by atoms with Crippen LogP contribution in [0.4, 0.5) is 0 Å². The lowest BCUT2D eigenvalue weighted by Crippen LogP contribution is -2.42. The van der Waals surface area contributed by atoms with Crippen LogP contribution in [-0.2, 0) is 17.8 Å². The number of hydrogen-bond acceptors (Lipinski definition) is 5. The van der Waals surface area contributed by atoms with E-state index < -0.39 is 0 Å². The van der Waals surface area contributed by atoms with Crippen LogP contribution in [-0.4, -0.2) is 40.6 Å². The molecule has 21 heavy (non-hydrogen) atoms. The van der Waals surface area contributed by atoms with Crippen molar-refractivity contribution >= 4 is 0 Å². The molecule has 0 bridgehead atoms. The minimum absolute atomic E-state index is 0.00421. The zero-order valence-corrected chi connectivity index (χ0v) is 13.5. The van der Waals surface area contributed by atoms with Gasteiger partial charge in [0.1, 0.15) is 6.10 Å². The molecule has 2 aliphatic heterocycles. The van der Waals surface area contributed by atoms with Crippen molar-refractivity contribution in [3.63, 3.8) is 0 Å². The van der Waals surface area contributed by atoms with Gasteiger partial charge in [-0.2, -0.15) is 0 Å². The molecule has 5 heteroatoms. The first-order valence-corrected chi connectivity index (χ1v) is 8.02. The van der Waals surface area contributed by atoms with E-state index in [1.165, 1.54) is 11.3 Å². The summed E-state index contributed by atoms with van der Waals surface area (Å²) < 4.78 is 5.95. The summed E-state index contributed by atoms with van der Waals surface area (Å²) in [4.78, 5) is 12.1. The fraction of sp³-hybridized carbons (Fsp3) is 0.750. The van der Waals surface area contributed by atoms with E-state index in [1.807, 2.05) is 0 Å². The number of ether oxygens (including phenoxy) is 1. The number of nitrogens with one attached hydrogen (secondary N) is 1.